The summed E-state index contributed by atoms with van der Waals surface area (Å²) in [6.45, 7) is 2.03. The van der Waals surface area contributed by atoms with Crippen molar-refractivity contribution in [2.24, 2.45) is 0 Å². The van der Waals surface area contributed by atoms with Gasteiger partial charge in [-0.15, -0.1) is 16.9 Å². The van der Waals surface area contributed by atoms with Crippen LogP contribution in [0.2, 0.25) is 0 Å². The lowest BCUT2D eigenvalue weighted by molar-refractivity contribution is -0.113. The monoisotopic (exact) mass is 403 g/mol. The van der Waals surface area contributed by atoms with E-state index in [1.165, 1.54) is 17.3 Å². The van der Waals surface area contributed by atoms with Crippen LogP contribution in [0.3, 0.4) is 0 Å². The number of aromatic nitrogens is 2. The summed E-state index contributed by atoms with van der Waals surface area (Å²) >= 11 is 4.84. The van der Waals surface area contributed by atoms with Crippen molar-refractivity contribution >= 4 is 39.6 Å². The van der Waals surface area contributed by atoms with Gasteiger partial charge in [-0.2, -0.15) is 0 Å². The van der Waals surface area contributed by atoms with Crippen LogP contribution in [0.1, 0.15) is 5.56 Å². The molecule has 0 unspecified atom stereocenters. The largest absolute Gasteiger partial charge is 0.403 e. The molecular weight excluding hydrogens is 390 g/mol. The Kier molecular flexibility index (Phi) is 5.32. The van der Waals surface area contributed by atoms with Gasteiger partial charge in [0.1, 0.15) is 0 Å². The van der Waals surface area contributed by atoms with Crippen molar-refractivity contribution < 1.29 is 9.21 Å². The number of carbonyl (C=O) groups is 1. The van der Waals surface area contributed by atoms with Crippen molar-refractivity contribution in [2.75, 3.05) is 11.1 Å². The number of hydrogen-bond donors (Lipinski definition) is 1. The minimum Gasteiger partial charge on any atom is -0.403 e. The van der Waals surface area contributed by atoms with Crippen LogP contribution in [0.25, 0.3) is 11.5 Å². The van der Waals surface area contributed by atoms with Crippen molar-refractivity contribution in [3.05, 3.63) is 58.6 Å². The Morgan fingerprint density at radius 2 is 2.00 bits per heavy atom. The first-order valence-electron chi connectivity index (χ1n) is 7.19. The molecule has 0 fully saturated rings. The summed E-state index contributed by atoms with van der Waals surface area (Å²) in [6, 6.07) is 15.6. The lowest BCUT2D eigenvalue weighted by Gasteiger charge is -2.02. The van der Waals surface area contributed by atoms with Gasteiger partial charge in [0.2, 0.25) is 11.8 Å². The standard InChI is InChI=1S/C17H14BrN3O2S/c1-11-5-7-14(8-6-11)24-10-15(22)19-17-21-20-16(23-17)12-3-2-4-13(18)9-12/h2-9H,10H2,1H3,(H,19,21,22). The first kappa shape index (κ1) is 16.7. The van der Waals surface area contributed by atoms with Crippen LogP contribution in [-0.4, -0.2) is 21.9 Å². The molecule has 1 heterocycles. The molecule has 0 radical (unpaired) electrons. The third kappa shape index (κ3) is 4.46. The molecule has 0 spiro atoms. The number of thioether (sulfide) groups is 1. The van der Waals surface area contributed by atoms with E-state index in [1.54, 1.807) is 0 Å². The van der Waals surface area contributed by atoms with Crippen molar-refractivity contribution in [3.63, 3.8) is 0 Å². The van der Waals surface area contributed by atoms with Gasteiger partial charge in [-0.25, -0.2) is 0 Å². The topological polar surface area (TPSA) is 68.0 Å². The highest BCUT2D eigenvalue weighted by atomic mass is 79.9. The fraction of sp³-hybridized carbons (Fsp3) is 0.118. The normalized spacial score (nSPS) is 10.6. The second kappa shape index (κ2) is 7.63. The quantitative estimate of drug-likeness (QED) is 0.633. The number of rotatable bonds is 5. The summed E-state index contributed by atoms with van der Waals surface area (Å²) < 4.78 is 6.39. The fourth-order valence-corrected chi connectivity index (χ4v) is 3.05. The van der Waals surface area contributed by atoms with Gasteiger partial charge in [0, 0.05) is 14.9 Å². The molecule has 0 aliphatic heterocycles. The van der Waals surface area contributed by atoms with E-state index in [1.807, 2.05) is 55.5 Å². The summed E-state index contributed by atoms with van der Waals surface area (Å²) in [7, 11) is 0. The summed E-state index contributed by atoms with van der Waals surface area (Å²) in [5.74, 6) is 0.445. The molecule has 0 saturated carbocycles. The molecule has 0 bridgehead atoms. The van der Waals surface area contributed by atoms with E-state index in [-0.39, 0.29) is 17.7 Å². The highest BCUT2D eigenvalue weighted by Crippen LogP contribution is 2.23. The van der Waals surface area contributed by atoms with Gasteiger partial charge >= 0.3 is 6.01 Å². The van der Waals surface area contributed by atoms with Crippen LogP contribution >= 0.6 is 27.7 Å². The number of amides is 1. The molecule has 2 aromatic carbocycles. The molecule has 3 aromatic rings. The number of halogens is 1. The smallest absolute Gasteiger partial charge is 0.322 e. The van der Waals surface area contributed by atoms with Crippen LogP contribution < -0.4 is 5.32 Å². The number of benzene rings is 2. The molecule has 1 aromatic heterocycles. The molecule has 0 aliphatic carbocycles. The molecular formula is C17H14BrN3O2S. The van der Waals surface area contributed by atoms with E-state index in [9.17, 15) is 4.79 Å². The third-order valence-electron chi connectivity index (χ3n) is 3.13. The molecule has 0 saturated heterocycles. The van der Waals surface area contributed by atoms with E-state index in [4.69, 9.17) is 4.42 Å². The number of nitrogens with one attached hydrogen (secondary N) is 1. The molecule has 5 nitrogen and oxygen atoms in total. The first-order valence-corrected chi connectivity index (χ1v) is 8.97. The number of anilines is 1. The Morgan fingerprint density at radius 1 is 1.21 bits per heavy atom. The molecule has 7 heteroatoms. The predicted molar refractivity (Wildman–Crippen MR) is 98.0 cm³/mol. The zero-order valence-electron chi connectivity index (χ0n) is 12.8. The Hall–Kier alpha value is -2.12. The summed E-state index contributed by atoms with van der Waals surface area (Å²) in [5, 5.41) is 10.4. The lowest BCUT2D eigenvalue weighted by atomic mass is 10.2. The summed E-state index contributed by atoms with van der Waals surface area (Å²) in [4.78, 5) is 13.0. The zero-order valence-corrected chi connectivity index (χ0v) is 15.2. The van der Waals surface area contributed by atoms with Crippen LogP contribution in [-0.2, 0) is 4.79 Å². The minimum absolute atomic E-state index is 0.0967. The highest BCUT2D eigenvalue weighted by molar-refractivity contribution is 9.10. The number of hydrogen-bond acceptors (Lipinski definition) is 5. The van der Waals surface area contributed by atoms with Gasteiger partial charge in [0.05, 0.1) is 5.75 Å². The second-order valence-corrected chi connectivity index (χ2v) is 7.04. The maximum atomic E-state index is 12.0. The number of carbonyl (C=O) groups excluding carboxylic acids is 1. The Bertz CT molecular complexity index is 849. The Balaban J connectivity index is 1.58. The molecule has 1 N–H and O–H groups in total. The van der Waals surface area contributed by atoms with Crippen LogP contribution in [0.4, 0.5) is 6.01 Å². The van der Waals surface area contributed by atoms with Crippen LogP contribution in [0, 0.1) is 6.92 Å². The lowest BCUT2D eigenvalue weighted by Crippen LogP contribution is -2.14. The number of aryl methyl sites for hydroxylation is 1. The van der Waals surface area contributed by atoms with Crippen molar-refractivity contribution in [1.29, 1.82) is 0 Å². The average Bonchev–Trinajstić information content (AvgIpc) is 3.03. The predicted octanol–water partition coefficient (Wildman–Crippen LogP) is 4.54. The maximum Gasteiger partial charge on any atom is 0.322 e. The van der Waals surface area contributed by atoms with E-state index < -0.39 is 0 Å². The van der Waals surface area contributed by atoms with Gasteiger partial charge in [-0.3, -0.25) is 10.1 Å². The zero-order chi connectivity index (χ0) is 16.9. The fourth-order valence-electron chi connectivity index (χ4n) is 1.95. The number of nitrogens with zero attached hydrogens (tertiary/aromatic N) is 2. The molecule has 0 atom stereocenters. The van der Waals surface area contributed by atoms with Gasteiger partial charge in [-0.1, -0.05) is 44.8 Å². The van der Waals surface area contributed by atoms with E-state index in [2.05, 4.69) is 31.4 Å². The molecule has 122 valence electrons. The van der Waals surface area contributed by atoms with E-state index in [0.29, 0.717) is 5.89 Å². The highest BCUT2D eigenvalue weighted by Gasteiger charge is 2.12. The molecule has 1 amide bonds. The van der Waals surface area contributed by atoms with Crippen molar-refractivity contribution in [2.45, 2.75) is 11.8 Å². The summed E-state index contributed by atoms with van der Waals surface area (Å²) in [5.41, 5.74) is 1.97. The molecule has 24 heavy (non-hydrogen) atoms. The van der Waals surface area contributed by atoms with E-state index >= 15 is 0 Å². The van der Waals surface area contributed by atoms with Gasteiger partial charge < -0.3 is 4.42 Å². The van der Waals surface area contributed by atoms with Crippen molar-refractivity contribution in [3.8, 4) is 11.5 Å². The summed E-state index contributed by atoms with van der Waals surface area (Å²) in [6.07, 6.45) is 0. The first-order chi connectivity index (χ1) is 11.6. The minimum atomic E-state index is -0.190. The molecule has 3 rings (SSSR count). The van der Waals surface area contributed by atoms with Gasteiger partial charge in [0.15, 0.2) is 0 Å². The average molecular weight is 404 g/mol. The Morgan fingerprint density at radius 3 is 2.75 bits per heavy atom. The Labute approximate surface area is 152 Å². The maximum absolute atomic E-state index is 12.0. The van der Waals surface area contributed by atoms with Crippen LogP contribution in [0.15, 0.2) is 62.3 Å². The van der Waals surface area contributed by atoms with Gasteiger partial charge in [-0.05, 0) is 37.3 Å². The molecule has 0 aliphatic rings. The van der Waals surface area contributed by atoms with Gasteiger partial charge in [0.25, 0.3) is 0 Å². The third-order valence-corrected chi connectivity index (χ3v) is 4.64. The SMILES string of the molecule is Cc1ccc(SCC(=O)Nc2nnc(-c3cccc(Br)c3)o2)cc1. The second-order valence-electron chi connectivity index (χ2n) is 5.07. The van der Waals surface area contributed by atoms with E-state index in [0.717, 1.165) is 14.9 Å². The van der Waals surface area contributed by atoms with Crippen molar-refractivity contribution in [1.82, 2.24) is 10.2 Å². The van der Waals surface area contributed by atoms with Crippen LogP contribution in [0.5, 0.6) is 0 Å².